The van der Waals surface area contributed by atoms with Crippen molar-refractivity contribution in [3.05, 3.63) is 29.8 Å². The van der Waals surface area contributed by atoms with E-state index in [0.717, 1.165) is 17.7 Å². The lowest BCUT2D eigenvalue weighted by atomic mass is 9.75. The molecule has 0 aliphatic heterocycles. The van der Waals surface area contributed by atoms with Gasteiger partial charge in [-0.2, -0.15) is 0 Å². The van der Waals surface area contributed by atoms with Gasteiger partial charge in [0, 0.05) is 12.6 Å². The first-order chi connectivity index (χ1) is 9.74. The molecule has 2 fully saturated rings. The number of rotatable bonds is 7. The molecule has 0 atom stereocenters. The molecule has 2 heteroatoms. The van der Waals surface area contributed by atoms with Crippen molar-refractivity contribution in [3.63, 3.8) is 0 Å². The van der Waals surface area contributed by atoms with Crippen molar-refractivity contribution in [2.24, 2.45) is 5.41 Å². The van der Waals surface area contributed by atoms with Gasteiger partial charge in [-0.25, -0.2) is 0 Å². The van der Waals surface area contributed by atoms with Crippen LogP contribution in [0.5, 0.6) is 5.75 Å². The second kappa shape index (κ2) is 5.77. The van der Waals surface area contributed by atoms with Crippen molar-refractivity contribution in [3.8, 4) is 5.75 Å². The molecule has 0 radical (unpaired) electrons. The lowest BCUT2D eigenvalue weighted by molar-refractivity contribution is 0.266. The van der Waals surface area contributed by atoms with Crippen molar-refractivity contribution in [1.82, 2.24) is 5.32 Å². The van der Waals surface area contributed by atoms with Crippen molar-refractivity contribution in [2.45, 2.75) is 57.4 Å². The predicted octanol–water partition coefficient (Wildman–Crippen LogP) is 4.11. The highest BCUT2D eigenvalue weighted by Crippen LogP contribution is 2.49. The zero-order valence-corrected chi connectivity index (χ0v) is 12.8. The molecule has 0 amide bonds. The van der Waals surface area contributed by atoms with Crippen LogP contribution in [-0.4, -0.2) is 19.7 Å². The molecular formula is C18H27NO. The highest BCUT2D eigenvalue weighted by atomic mass is 16.5. The van der Waals surface area contributed by atoms with Crippen molar-refractivity contribution in [1.29, 1.82) is 0 Å². The van der Waals surface area contributed by atoms with E-state index in [-0.39, 0.29) is 0 Å². The van der Waals surface area contributed by atoms with Crippen molar-refractivity contribution < 1.29 is 4.74 Å². The molecule has 0 bridgehead atoms. The number of hydrogen-bond donors (Lipinski definition) is 1. The first kappa shape index (κ1) is 13.9. The standard InChI is InChI=1S/C18H27NO/c1-3-8-18(9-10-18)13-19-16-11-15(12-16)14-4-6-17(20-2)7-5-14/h4-7,15-16,19H,3,8-13H2,1-2H3. The van der Waals surface area contributed by atoms with Crippen LogP contribution in [0, 0.1) is 5.41 Å². The van der Waals surface area contributed by atoms with E-state index in [1.165, 1.54) is 50.6 Å². The van der Waals surface area contributed by atoms with E-state index in [9.17, 15) is 0 Å². The molecule has 0 spiro atoms. The topological polar surface area (TPSA) is 21.3 Å². The molecule has 1 N–H and O–H groups in total. The number of benzene rings is 1. The van der Waals surface area contributed by atoms with Gasteiger partial charge < -0.3 is 10.1 Å². The summed E-state index contributed by atoms with van der Waals surface area (Å²) < 4.78 is 5.22. The van der Waals surface area contributed by atoms with Crippen LogP contribution in [-0.2, 0) is 0 Å². The predicted molar refractivity (Wildman–Crippen MR) is 83.3 cm³/mol. The van der Waals surface area contributed by atoms with Gasteiger partial charge in [0.05, 0.1) is 7.11 Å². The highest BCUT2D eigenvalue weighted by molar-refractivity contribution is 5.30. The van der Waals surface area contributed by atoms with Crippen LogP contribution in [0.1, 0.15) is 56.9 Å². The van der Waals surface area contributed by atoms with E-state index in [2.05, 4.69) is 36.5 Å². The Morgan fingerprint density at radius 1 is 1.20 bits per heavy atom. The maximum absolute atomic E-state index is 5.22. The lowest BCUT2D eigenvalue weighted by Gasteiger charge is -2.37. The monoisotopic (exact) mass is 273 g/mol. The first-order valence-corrected chi connectivity index (χ1v) is 8.12. The minimum atomic E-state index is 0.681. The van der Waals surface area contributed by atoms with Crippen LogP contribution in [0.4, 0.5) is 0 Å². The quantitative estimate of drug-likeness (QED) is 0.807. The molecule has 0 aromatic heterocycles. The average molecular weight is 273 g/mol. The van der Waals surface area contributed by atoms with Crippen LogP contribution >= 0.6 is 0 Å². The minimum absolute atomic E-state index is 0.681. The summed E-state index contributed by atoms with van der Waals surface area (Å²) in [5.41, 5.74) is 2.15. The van der Waals surface area contributed by atoms with Crippen LogP contribution in [0.15, 0.2) is 24.3 Å². The summed E-state index contributed by atoms with van der Waals surface area (Å²) in [6, 6.07) is 9.35. The van der Waals surface area contributed by atoms with Gasteiger partial charge in [0.2, 0.25) is 0 Å². The second-order valence-electron chi connectivity index (χ2n) is 6.77. The van der Waals surface area contributed by atoms with E-state index in [0.29, 0.717) is 5.41 Å². The van der Waals surface area contributed by atoms with Crippen LogP contribution in [0.25, 0.3) is 0 Å². The molecule has 2 nitrogen and oxygen atoms in total. The summed E-state index contributed by atoms with van der Waals surface area (Å²) in [4.78, 5) is 0. The molecule has 2 saturated carbocycles. The van der Waals surface area contributed by atoms with E-state index in [1.807, 2.05) is 0 Å². The number of methoxy groups -OCH3 is 1. The van der Waals surface area contributed by atoms with Gasteiger partial charge in [0.25, 0.3) is 0 Å². The molecule has 1 aromatic carbocycles. The van der Waals surface area contributed by atoms with Gasteiger partial charge in [0.1, 0.15) is 5.75 Å². The maximum atomic E-state index is 5.22. The minimum Gasteiger partial charge on any atom is -0.497 e. The third-order valence-electron chi connectivity index (χ3n) is 5.23. The SMILES string of the molecule is CCCC1(CNC2CC(c3ccc(OC)cc3)C2)CC1. The Bertz CT molecular complexity index is 429. The Hall–Kier alpha value is -1.02. The van der Waals surface area contributed by atoms with Gasteiger partial charge in [-0.1, -0.05) is 25.5 Å². The Morgan fingerprint density at radius 3 is 2.45 bits per heavy atom. The molecule has 1 aromatic rings. The fourth-order valence-corrected chi connectivity index (χ4v) is 3.52. The van der Waals surface area contributed by atoms with E-state index >= 15 is 0 Å². The summed E-state index contributed by atoms with van der Waals surface area (Å²) in [5, 5.41) is 3.80. The molecular weight excluding hydrogens is 246 g/mol. The second-order valence-corrected chi connectivity index (χ2v) is 6.77. The van der Waals surface area contributed by atoms with Crippen LogP contribution in [0.3, 0.4) is 0 Å². The summed E-state index contributed by atoms with van der Waals surface area (Å²) in [5.74, 6) is 1.71. The van der Waals surface area contributed by atoms with E-state index in [1.54, 1.807) is 7.11 Å². The van der Waals surface area contributed by atoms with E-state index in [4.69, 9.17) is 4.74 Å². The highest BCUT2D eigenvalue weighted by Gasteiger charge is 2.42. The van der Waals surface area contributed by atoms with Gasteiger partial charge in [-0.3, -0.25) is 0 Å². The third kappa shape index (κ3) is 3.01. The molecule has 20 heavy (non-hydrogen) atoms. The van der Waals surface area contributed by atoms with Crippen molar-refractivity contribution >= 4 is 0 Å². The third-order valence-corrected chi connectivity index (χ3v) is 5.23. The Morgan fingerprint density at radius 2 is 1.90 bits per heavy atom. The summed E-state index contributed by atoms with van der Waals surface area (Å²) >= 11 is 0. The Kier molecular flexibility index (Phi) is 4.02. The molecule has 2 aliphatic carbocycles. The smallest absolute Gasteiger partial charge is 0.118 e. The first-order valence-electron chi connectivity index (χ1n) is 8.12. The van der Waals surface area contributed by atoms with Crippen LogP contribution in [0.2, 0.25) is 0 Å². The van der Waals surface area contributed by atoms with Crippen LogP contribution < -0.4 is 10.1 Å². The summed E-state index contributed by atoms with van der Waals surface area (Å²) in [6.45, 7) is 3.56. The van der Waals surface area contributed by atoms with Gasteiger partial charge in [-0.15, -0.1) is 0 Å². The molecule has 3 rings (SSSR count). The molecule has 0 saturated heterocycles. The van der Waals surface area contributed by atoms with Gasteiger partial charge in [-0.05, 0) is 61.1 Å². The number of nitrogens with one attached hydrogen (secondary N) is 1. The molecule has 0 heterocycles. The largest absolute Gasteiger partial charge is 0.497 e. The number of hydrogen-bond acceptors (Lipinski definition) is 2. The number of ether oxygens (including phenoxy) is 1. The van der Waals surface area contributed by atoms with Crippen molar-refractivity contribution in [2.75, 3.05) is 13.7 Å². The molecule has 110 valence electrons. The fraction of sp³-hybridized carbons (Fsp3) is 0.667. The maximum Gasteiger partial charge on any atom is 0.118 e. The summed E-state index contributed by atoms with van der Waals surface area (Å²) in [7, 11) is 1.72. The Balaban J connectivity index is 1.42. The van der Waals surface area contributed by atoms with Gasteiger partial charge in [0.15, 0.2) is 0 Å². The molecule has 0 unspecified atom stereocenters. The average Bonchev–Trinajstić information content (AvgIpc) is 3.18. The lowest BCUT2D eigenvalue weighted by Crippen LogP contribution is -2.42. The zero-order chi connectivity index (χ0) is 14.0. The normalized spacial score (nSPS) is 26.9. The fourth-order valence-electron chi connectivity index (χ4n) is 3.52. The van der Waals surface area contributed by atoms with E-state index < -0.39 is 0 Å². The molecule has 2 aliphatic rings. The Labute approximate surface area is 122 Å². The summed E-state index contributed by atoms with van der Waals surface area (Å²) in [6.07, 6.45) is 8.24. The zero-order valence-electron chi connectivity index (χ0n) is 12.8. The van der Waals surface area contributed by atoms with Gasteiger partial charge >= 0.3 is 0 Å².